The molecule has 8 nitrogen and oxygen atoms in total. The van der Waals surface area contributed by atoms with Gasteiger partial charge in [0.1, 0.15) is 0 Å². The molecule has 0 bridgehead atoms. The molecule has 3 rings (SSSR count). The summed E-state index contributed by atoms with van der Waals surface area (Å²) in [6, 6.07) is 0.819. The molecule has 2 aromatic heterocycles. The average Bonchev–Trinajstić information content (AvgIpc) is 3.33. The number of unbranched alkanes of at least 4 members (excludes halogenated alkanes) is 4. The van der Waals surface area contributed by atoms with Crippen molar-refractivity contribution in [1.29, 1.82) is 0 Å². The van der Waals surface area contributed by atoms with Crippen molar-refractivity contribution in [2.24, 2.45) is 0 Å². The summed E-state index contributed by atoms with van der Waals surface area (Å²) in [6.07, 6.45) is 10.7. The highest BCUT2D eigenvalue weighted by atomic mass is 16.5. The highest BCUT2D eigenvalue weighted by Gasteiger charge is 2.18. The lowest BCUT2D eigenvalue weighted by atomic mass is 10.1. The monoisotopic (exact) mass is 391 g/mol. The molecule has 3 heterocycles. The van der Waals surface area contributed by atoms with Crippen molar-refractivity contribution in [2.75, 3.05) is 26.1 Å². The minimum atomic E-state index is 0.304. The number of nitrogens with two attached hydrogens (primary N) is 1. The molecule has 8 heteroatoms. The maximum Gasteiger partial charge on any atom is 0.320 e. The van der Waals surface area contributed by atoms with Gasteiger partial charge in [-0.2, -0.15) is 15.0 Å². The van der Waals surface area contributed by atoms with Crippen molar-refractivity contribution in [1.82, 2.24) is 19.5 Å². The second-order valence-electron chi connectivity index (χ2n) is 7.35. The Balaban J connectivity index is 1.58. The van der Waals surface area contributed by atoms with Crippen LogP contribution in [0, 0.1) is 0 Å². The van der Waals surface area contributed by atoms with Gasteiger partial charge < -0.3 is 19.9 Å². The zero-order valence-corrected chi connectivity index (χ0v) is 17.2. The van der Waals surface area contributed by atoms with Crippen molar-refractivity contribution in [3.63, 3.8) is 0 Å². The molecule has 0 aliphatic carbocycles. The van der Waals surface area contributed by atoms with Gasteiger partial charge in [-0.05, 0) is 32.1 Å². The van der Waals surface area contributed by atoms with Gasteiger partial charge in [-0.25, -0.2) is 0 Å². The zero-order chi connectivity index (χ0) is 19.8. The molecule has 2 aromatic rings. The van der Waals surface area contributed by atoms with E-state index in [1.165, 1.54) is 32.1 Å². The first-order chi connectivity index (χ1) is 13.7. The minimum Gasteiger partial charge on any atom is -0.468 e. The molecule has 156 valence electrons. The van der Waals surface area contributed by atoms with E-state index in [-0.39, 0.29) is 0 Å². The summed E-state index contributed by atoms with van der Waals surface area (Å²) in [6.45, 7) is 4.41. The zero-order valence-electron chi connectivity index (χ0n) is 17.2. The molecule has 0 amide bonds. The topological polar surface area (TPSA) is 97.3 Å². The Morgan fingerprint density at radius 1 is 1.14 bits per heavy atom. The Labute approximate surface area is 166 Å². The van der Waals surface area contributed by atoms with Crippen molar-refractivity contribution in [3.8, 4) is 12.0 Å². The lowest BCUT2D eigenvalue weighted by Gasteiger charge is -2.10. The second kappa shape index (κ2) is 10.5. The van der Waals surface area contributed by atoms with Gasteiger partial charge in [0.05, 0.1) is 19.8 Å². The Morgan fingerprint density at radius 3 is 2.75 bits per heavy atom. The number of rotatable bonds is 12. The van der Waals surface area contributed by atoms with E-state index in [4.69, 9.17) is 19.9 Å². The first kappa shape index (κ1) is 20.6. The molecule has 1 unspecified atom stereocenters. The van der Waals surface area contributed by atoms with Crippen molar-refractivity contribution in [3.05, 3.63) is 0 Å². The Hall–Kier alpha value is -2.09. The smallest absolute Gasteiger partial charge is 0.320 e. The number of ether oxygens (including phenoxy) is 3. The van der Waals surface area contributed by atoms with E-state index < -0.39 is 0 Å². The van der Waals surface area contributed by atoms with Crippen LogP contribution >= 0.6 is 0 Å². The van der Waals surface area contributed by atoms with Gasteiger partial charge in [0.2, 0.25) is 0 Å². The number of fused-ring (bicyclic) bond motifs is 1. The van der Waals surface area contributed by atoms with Crippen LogP contribution in [-0.4, -0.2) is 45.9 Å². The fourth-order valence-electron chi connectivity index (χ4n) is 3.58. The summed E-state index contributed by atoms with van der Waals surface area (Å²) < 4.78 is 18.7. The Kier molecular flexibility index (Phi) is 7.71. The van der Waals surface area contributed by atoms with Gasteiger partial charge in [-0.1, -0.05) is 32.6 Å². The first-order valence-electron chi connectivity index (χ1n) is 10.5. The summed E-state index contributed by atoms with van der Waals surface area (Å²) in [7, 11) is 1.61. The maximum absolute atomic E-state index is 6.08. The standard InChI is InChI=1S/C20H33N5O3/c1-3-4-13-28-19-23-17(21)16-18(24-19)25(20(22-16)26-2)12-8-6-5-7-10-15-11-9-14-27-15/h15H,3-14H2,1-2H3,(H2,21,23,24). The lowest BCUT2D eigenvalue weighted by Crippen LogP contribution is -2.06. The largest absolute Gasteiger partial charge is 0.468 e. The van der Waals surface area contributed by atoms with Crippen LogP contribution in [0.5, 0.6) is 12.0 Å². The normalized spacial score (nSPS) is 16.7. The third-order valence-electron chi connectivity index (χ3n) is 5.16. The number of anilines is 1. The van der Waals surface area contributed by atoms with E-state index in [0.29, 0.717) is 41.7 Å². The van der Waals surface area contributed by atoms with E-state index in [1.807, 2.05) is 4.57 Å². The van der Waals surface area contributed by atoms with Crippen LogP contribution in [0.4, 0.5) is 5.82 Å². The van der Waals surface area contributed by atoms with Crippen molar-refractivity contribution in [2.45, 2.75) is 77.4 Å². The number of hydrogen-bond donors (Lipinski definition) is 1. The van der Waals surface area contributed by atoms with Gasteiger partial charge in [0, 0.05) is 13.2 Å². The van der Waals surface area contributed by atoms with E-state index in [0.717, 1.165) is 38.8 Å². The highest BCUT2D eigenvalue weighted by Crippen LogP contribution is 2.26. The summed E-state index contributed by atoms with van der Waals surface area (Å²) in [5.41, 5.74) is 7.32. The van der Waals surface area contributed by atoms with Crippen LogP contribution in [0.25, 0.3) is 11.2 Å². The van der Waals surface area contributed by atoms with Crippen LogP contribution in [0.3, 0.4) is 0 Å². The third kappa shape index (κ3) is 5.25. The predicted molar refractivity (Wildman–Crippen MR) is 109 cm³/mol. The molecular formula is C20H33N5O3. The van der Waals surface area contributed by atoms with Crippen molar-refractivity contribution < 1.29 is 14.2 Å². The molecule has 1 atom stereocenters. The summed E-state index contributed by atoms with van der Waals surface area (Å²) >= 11 is 0. The fourth-order valence-corrected chi connectivity index (χ4v) is 3.58. The SMILES string of the molecule is CCCCOc1nc(N)c2nc(OC)n(CCCCCCC3CCCO3)c2n1. The number of methoxy groups -OCH3 is 1. The van der Waals surface area contributed by atoms with Crippen LogP contribution in [0.2, 0.25) is 0 Å². The summed E-state index contributed by atoms with van der Waals surface area (Å²) in [4.78, 5) is 13.2. The van der Waals surface area contributed by atoms with Gasteiger partial charge in [-0.15, -0.1) is 0 Å². The van der Waals surface area contributed by atoms with Crippen LogP contribution in [0.15, 0.2) is 0 Å². The van der Waals surface area contributed by atoms with E-state index in [2.05, 4.69) is 21.9 Å². The molecule has 28 heavy (non-hydrogen) atoms. The molecule has 1 aliphatic heterocycles. The average molecular weight is 392 g/mol. The molecule has 0 radical (unpaired) electrons. The van der Waals surface area contributed by atoms with Crippen LogP contribution in [0.1, 0.15) is 64.7 Å². The minimum absolute atomic E-state index is 0.304. The number of imidazole rings is 1. The maximum atomic E-state index is 6.08. The van der Waals surface area contributed by atoms with Crippen LogP contribution < -0.4 is 15.2 Å². The molecule has 0 saturated carbocycles. The third-order valence-corrected chi connectivity index (χ3v) is 5.16. The Bertz CT molecular complexity index is 743. The molecule has 0 spiro atoms. The molecule has 0 aromatic carbocycles. The second-order valence-corrected chi connectivity index (χ2v) is 7.35. The Morgan fingerprint density at radius 2 is 2.00 bits per heavy atom. The molecule has 1 fully saturated rings. The fraction of sp³-hybridized carbons (Fsp3) is 0.750. The number of nitrogens with zero attached hydrogens (tertiary/aromatic N) is 4. The van der Waals surface area contributed by atoms with Gasteiger partial charge in [-0.3, -0.25) is 4.57 Å². The summed E-state index contributed by atoms with van der Waals surface area (Å²) in [5.74, 6) is 0.324. The highest BCUT2D eigenvalue weighted by molar-refractivity contribution is 5.83. The van der Waals surface area contributed by atoms with E-state index in [9.17, 15) is 0 Å². The predicted octanol–water partition coefficient (Wildman–Crippen LogP) is 3.73. The van der Waals surface area contributed by atoms with Crippen molar-refractivity contribution >= 4 is 17.0 Å². The van der Waals surface area contributed by atoms with E-state index >= 15 is 0 Å². The summed E-state index contributed by atoms with van der Waals surface area (Å²) in [5, 5.41) is 0. The van der Waals surface area contributed by atoms with E-state index in [1.54, 1.807) is 7.11 Å². The van der Waals surface area contributed by atoms with Crippen LogP contribution in [-0.2, 0) is 11.3 Å². The number of aryl methyl sites for hydroxylation is 1. The van der Waals surface area contributed by atoms with Gasteiger partial charge in [0.15, 0.2) is 17.0 Å². The lowest BCUT2D eigenvalue weighted by molar-refractivity contribution is 0.102. The molecule has 1 saturated heterocycles. The molecular weight excluding hydrogens is 358 g/mol. The first-order valence-corrected chi connectivity index (χ1v) is 10.5. The van der Waals surface area contributed by atoms with Gasteiger partial charge >= 0.3 is 6.01 Å². The number of hydrogen-bond acceptors (Lipinski definition) is 7. The molecule has 2 N–H and O–H groups in total. The van der Waals surface area contributed by atoms with Gasteiger partial charge in [0.25, 0.3) is 6.01 Å². The quantitative estimate of drug-likeness (QED) is 0.551. The number of aromatic nitrogens is 4. The molecule has 1 aliphatic rings. The number of nitrogen functional groups attached to an aromatic ring is 1.